The van der Waals surface area contributed by atoms with Crippen LogP contribution >= 0.6 is 0 Å². The molecule has 0 aliphatic carbocycles. The molecule has 2 heterocycles. The fourth-order valence-corrected chi connectivity index (χ4v) is 5.34. The van der Waals surface area contributed by atoms with Crippen LogP contribution in [0.25, 0.3) is 0 Å². The monoisotopic (exact) mass is 706 g/mol. The van der Waals surface area contributed by atoms with E-state index in [0.29, 0.717) is 0 Å². The lowest BCUT2D eigenvalue weighted by atomic mass is 10.0. The first-order valence-electron chi connectivity index (χ1n) is 14.5. The van der Waals surface area contributed by atoms with E-state index in [1.54, 1.807) is 0 Å². The van der Waals surface area contributed by atoms with Crippen molar-refractivity contribution in [2.75, 3.05) is 93.6 Å². The van der Waals surface area contributed by atoms with Gasteiger partial charge in [0.1, 0.15) is 0 Å². The molecule has 0 radical (unpaired) electrons. The zero-order valence-corrected chi connectivity index (χ0v) is 27.8. The molecule has 0 aromatic carbocycles. The Balaban J connectivity index is 0.00000544. The number of quaternary nitrogens is 2. The lowest BCUT2D eigenvalue weighted by Crippen LogP contribution is -3.00. The number of unbranched alkanes of at least 4 members (excludes halogenated alkanes) is 13. The van der Waals surface area contributed by atoms with Gasteiger partial charge in [-0.25, -0.2) is 0 Å². The molecule has 0 amide bonds. The fraction of sp³-hybridized carbons (Fsp3) is 1.00. The zero-order valence-electron chi connectivity index (χ0n) is 23.5. The Labute approximate surface area is 248 Å². The predicted octanol–water partition coefficient (Wildman–Crippen LogP) is -0.760. The van der Waals surface area contributed by atoms with Crippen LogP contribution in [0.2, 0.25) is 0 Å². The average Bonchev–Trinajstić information content (AvgIpc) is 2.75. The smallest absolute Gasteiger partial charge is 0.0912 e. The van der Waals surface area contributed by atoms with Crippen LogP contribution in [-0.2, 0) is 0 Å². The highest BCUT2D eigenvalue weighted by Gasteiger charge is 2.24. The van der Waals surface area contributed by atoms with E-state index in [9.17, 15) is 0 Å². The number of halogens is 2. The highest BCUT2D eigenvalue weighted by molar-refractivity contribution is 4.63. The van der Waals surface area contributed by atoms with E-state index in [4.69, 9.17) is 0 Å². The highest BCUT2D eigenvalue weighted by atomic mass is 127. The van der Waals surface area contributed by atoms with Gasteiger partial charge in [0.15, 0.2) is 0 Å². The van der Waals surface area contributed by atoms with Gasteiger partial charge in [-0.1, -0.05) is 77.0 Å². The van der Waals surface area contributed by atoms with Crippen LogP contribution in [0.15, 0.2) is 0 Å². The molecule has 2 saturated heterocycles. The fourth-order valence-electron chi connectivity index (χ4n) is 5.34. The Morgan fingerprint density at radius 1 is 0.382 bits per heavy atom. The zero-order chi connectivity index (χ0) is 23.1. The van der Waals surface area contributed by atoms with Crippen molar-refractivity contribution >= 4 is 0 Å². The predicted molar refractivity (Wildman–Crippen MR) is 141 cm³/mol. The second-order valence-electron chi connectivity index (χ2n) is 12.4. The second kappa shape index (κ2) is 20.3. The third-order valence-electron chi connectivity index (χ3n) is 8.28. The Bertz CT molecular complexity index is 411. The minimum atomic E-state index is 0. The number of piperazine rings is 2. The molecule has 0 saturated carbocycles. The van der Waals surface area contributed by atoms with E-state index >= 15 is 0 Å². The van der Waals surface area contributed by atoms with Crippen LogP contribution in [0.3, 0.4) is 0 Å². The summed E-state index contributed by atoms with van der Waals surface area (Å²) in [5, 5.41) is 0. The first-order valence-corrected chi connectivity index (χ1v) is 14.5. The van der Waals surface area contributed by atoms with Gasteiger partial charge in [-0.2, -0.15) is 0 Å². The number of nitrogens with zero attached hydrogens (tertiary/aromatic N) is 4. The van der Waals surface area contributed by atoms with Crippen molar-refractivity contribution < 1.29 is 56.9 Å². The molecule has 0 bridgehead atoms. The third-order valence-corrected chi connectivity index (χ3v) is 8.28. The lowest BCUT2D eigenvalue weighted by molar-refractivity contribution is -0.894. The van der Waals surface area contributed by atoms with Gasteiger partial charge in [0.2, 0.25) is 0 Å². The molecule has 0 unspecified atom stereocenters. The van der Waals surface area contributed by atoms with Gasteiger partial charge in [0.25, 0.3) is 0 Å². The quantitative estimate of drug-likeness (QED) is 0.112. The summed E-state index contributed by atoms with van der Waals surface area (Å²) in [6, 6.07) is 0. The molecule has 2 aliphatic rings. The van der Waals surface area contributed by atoms with Crippen molar-refractivity contribution in [1.82, 2.24) is 9.80 Å². The molecule has 0 spiro atoms. The molecule has 0 aromatic rings. The van der Waals surface area contributed by atoms with Crippen molar-refractivity contribution in [1.29, 1.82) is 0 Å². The van der Waals surface area contributed by atoms with E-state index < -0.39 is 0 Å². The molecule has 2 rings (SSSR count). The maximum absolute atomic E-state index is 2.69. The van der Waals surface area contributed by atoms with Crippen molar-refractivity contribution in [3.05, 3.63) is 0 Å². The van der Waals surface area contributed by atoms with E-state index in [2.05, 4.69) is 38.0 Å². The number of hydrogen-bond donors (Lipinski definition) is 0. The summed E-state index contributed by atoms with van der Waals surface area (Å²) in [4.78, 5) is 5.39. The Kier molecular flexibility index (Phi) is 21.1. The van der Waals surface area contributed by atoms with Crippen LogP contribution in [0.5, 0.6) is 0 Å². The van der Waals surface area contributed by atoms with Crippen LogP contribution in [-0.4, -0.2) is 112 Å². The van der Waals surface area contributed by atoms with E-state index in [0.717, 1.165) is 0 Å². The molecule has 2 fully saturated rings. The topological polar surface area (TPSA) is 6.48 Å². The van der Waals surface area contributed by atoms with Gasteiger partial charge in [-0.3, -0.25) is 9.80 Å². The highest BCUT2D eigenvalue weighted by Crippen LogP contribution is 2.14. The van der Waals surface area contributed by atoms with Gasteiger partial charge in [-0.15, -0.1) is 0 Å². The number of rotatable bonds is 17. The van der Waals surface area contributed by atoms with Crippen LogP contribution < -0.4 is 48.0 Å². The molecule has 2 aliphatic heterocycles. The number of likely N-dealkylation sites (N-methyl/N-ethyl adjacent to an activating group) is 2. The maximum atomic E-state index is 2.69. The summed E-state index contributed by atoms with van der Waals surface area (Å²) in [5.41, 5.74) is 0. The third kappa shape index (κ3) is 17.7. The van der Waals surface area contributed by atoms with E-state index in [1.165, 1.54) is 164 Å². The summed E-state index contributed by atoms with van der Waals surface area (Å²) in [5.74, 6) is 0. The first kappa shape index (κ1) is 35.3. The molecule has 206 valence electrons. The molecule has 6 heteroatoms. The van der Waals surface area contributed by atoms with E-state index in [-0.39, 0.29) is 48.0 Å². The van der Waals surface area contributed by atoms with Gasteiger partial charge in [0, 0.05) is 26.2 Å². The van der Waals surface area contributed by atoms with Crippen molar-refractivity contribution in [3.63, 3.8) is 0 Å². The Morgan fingerprint density at radius 2 is 0.588 bits per heavy atom. The summed E-state index contributed by atoms with van der Waals surface area (Å²) >= 11 is 0. The van der Waals surface area contributed by atoms with Gasteiger partial charge in [-0.05, 0) is 25.9 Å². The maximum Gasteiger partial charge on any atom is 0.0912 e. The van der Waals surface area contributed by atoms with Gasteiger partial charge in [0.05, 0.1) is 54.4 Å². The molecule has 4 nitrogen and oxygen atoms in total. The van der Waals surface area contributed by atoms with Crippen molar-refractivity contribution in [3.8, 4) is 0 Å². The van der Waals surface area contributed by atoms with Crippen LogP contribution in [0.4, 0.5) is 0 Å². The summed E-state index contributed by atoms with van der Waals surface area (Å²) in [6.45, 7) is 13.2. The summed E-state index contributed by atoms with van der Waals surface area (Å²) in [6.07, 6.45) is 20.5. The van der Waals surface area contributed by atoms with Gasteiger partial charge >= 0.3 is 0 Å². The largest absolute Gasteiger partial charge is 1.00 e. The Morgan fingerprint density at radius 3 is 0.824 bits per heavy atom. The normalized spacial score (nSPS) is 20.5. The molecular weight excluding hydrogens is 646 g/mol. The summed E-state index contributed by atoms with van der Waals surface area (Å²) < 4.78 is 2.43. The molecule has 34 heavy (non-hydrogen) atoms. The average molecular weight is 707 g/mol. The van der Waals surface area contributed by atoms with Gasteiger partial charge < -0.3 is 56.9 Å². The number of hydrogen-bond acceptors (Lipinski definition) is 2. The molecule has 0 atom stereocenters. The molecular formula is C28H60I2N4. The first-order chi connectivity index (χ1) is 15.4. The lowest BCUT2D eigenvalue weighted by Gasteiger charge is -2.39. The molecule has 0 N–H and O–H groups in total. The minimum Gasteiger partial charge on any atom is -1.00 e. The van der Waals surface area contributed by atoms with Crippen LogP contribution in [0, 0.1) is 0 Å². The van der Waals surface area contributed by atoms with Crippen molar-refractivity contribution in [2.24, 2.45) is 0 Å². The Hall–Kier alpha value is 1.30. The SMILES string of the molecule is C[N+]1(C)CCN(CCCCCCCCCCCCCCCCN2CC[N+](C)(C)CC2)CC1.[I-].[I-]. The molecule has 0 aromatic heterocycles. The van der Waals surface area contributed by atoms with E-state index in [1.807, 2.05) is 0 Å². The van der Waals surface area contributed by atoms with Crippen molar-refractivity contribution in [2.45, 2.75) is 89.9 Å². The van der Waals surface area contributed by atoms with Crippen LogP contribution in [0.1, 0.15) is 89.9 Å². The summed E-state index contributed by atoms with van der Waals surface area (Å²) in [7, 11) is 9.48. The second-order valence-corrected chi connectivity index (χ2v) is 12.4. The standard InChI is InChI=1S/C28H60N4.2HI/c1-31(2)25-21-29(22-26-31)19-17-15-13-11-9-7-5-6-8-10-12-14-16-18-20-30-23-27-32(3,4)28-24-30;;/h5-28H2,1-4H3;2*1H/q+2;;/p-2. The minimum absolute atomic E-state index is 0.